The Bertz CT molecular complexity index is 507. The monoisotopic (exact) mass is 317 g/mol. The van der Waals surface area contributed by atoms with Gasteiger partial charge in [-0.3, -0.25) is 4.79 Å². The molecular formula is C19H27NOS. The summed E-state index contributed by atoms with van der Waals surface area (Å²) in [5, 5.41) is 3.06. The molecular weight excluding hydrogens is 290 g/mol. The fourth-order valence-corrected chi connectivity index (χ4v) is 3.26. The van der Waals surface area contributed by atoms with Gasteiger partial charge in [0.1, 0.15) is 0 Å². The molecule has 0 spiro atoms. The minimum absolute atomic E-state index is 0.0380. The van der Waals surface area contributed by atoms with Crippen molar-refractivity contribution in [2.75, 3.05) is 12.3 Å². The summed E-state index contributed by atoms with van der Waals surface area (Å²) in [6.45, 7) is 10.9. The number of hydrogen-bond acceptors (Lipinski definition) is 2. The maximum Gasteiger partial charge on any atom is 0.231 e. The van der Waals surface area contributed by atoms with Crippen molar-refractivity contribution in [3.8, 4) is 0 Å². The van der Waals surface area contributed by atoms with E-state index in [0.29, 0.717) is 6.54 Å². The van der Waals surface area contributed by atoms with Crippen LogP contribution >= 0.6 is 11.8 Å². The Labute approximate surface area is 139 Å². The van der Waals surface area contributed by atoms with E-state index in [4.69, 9.17) is 0 Å². The predicted octanol–water partition coefficient (Wildman–Crippen LogP) is 4.90. The van der Waals surface area contributed by atoms with Gasteiger partial charge in [0.15, 0.2) is 0 Å². The molecule has 0 fully saturated rings. The predicted molar refractivity (Wildman–Crippen MR) is 98.1 cm³/mol. The summed E-state index contributed by atoms with van der Waals surface area (Å²) in [6, 6.07) is 9.83. The van der Waals surface area contributed by atoms with Gasteiger partial charge in [0.2, 0.25) is 5.91 Å². The first kappa shape index (κ1) is 18.6. The summed E-state index contributed by atoms with van der Waals surface area (Å²) in [5.41, 5.74) is 1.87. The summed E-state index contributed by atoms with van der Waals surface area (Å²) in [6.07, 6.45) is 4.18. The van der Waals surface area contributed by atoms with Gasteiger partial charge < -0.3 is 5.32 Å². The zero-order valence-electron chi connectivity index (χ0n) is 13.9. The second-order valence-electron chi connectivity index (χ2n) is 5.24. The Morgan fingerprint density at radius 1 is 1.32 bits per heavy atom. The van der Waals surface area contributed by atoms with Gasteiger partial charge in [0.25, 0.3) is 0 Å². The number of benzene rings is 1. The lowest BCUT2D eigenvalue weighted by Gasteiger charge is -2.17. The van der Waals surface area contributed by atoms with Crippen molar-refractivity contribution < 1.29 is 4.79 Å². The van der Waals surface area contributed by atoms with Crippen molar-refractivity contribution in [3.63, 3.8) is 0 Å². The van der Waals surface area contributed by atoms with Crippen LogP contribution in [-0.2, 0) is 4.79 Å². The lowest BCUT2D eigenvalue weighted by Crippen LogP contribution is -2.30. The van der Waals surface area contributed by atoms with E-state index in [1.54, 1.807) is 0 Å². The molecule has 1 aromatic carbocycles. The Morgan fingerprint density at radius 3 is 2.55 bits per heavy atom. The summed E-state index contributed by atoms with van der Waals surface area (Å²) in [5.74, 6) is 0.840. The van der Waals surface area contributed by atoms with Crippen molar-refractivity contribution in [2.45, 2.75) is 39.5 Å². The van der Waals surface area contributed by atoms with Gasteiger partial charge in [-0.2, -0.15) is 0 Å². The first-order chi connectivity index (χ1) is 10.6. The number of thioether (sulfide) groups is 1. The van der Waals surface area contributed by atoms with Gasteiger partial charge in [-0.1, -0.05) is 62.4 Å². The van der Waals surface area contributed by atoms with Crippen LogP contribution in [-0.4, -0.2) is 18.2 Å². The SMILES string of the molecule is C=C(C)C(C(=O)NCC/C(=C/CC)SCC)c1ccccc1. The van der Waals surface area contributed by atoms with E-state index in [0.717, 1.165) is 29.7 Å². The quantitative estimate of drug-likeness (QED) is 0.656. The molecule has 0 aliphatic carbocycles. The number of hydrogen-bond donors (Lipinski definition) is 1. The highest BCUT2D eigenvalue weighted by molar-refractivity contribution is 8.03. The third-order valence-electron chi connectivity index (χ3n) is 3.32. The number of allylic oxidation sites excluding steroid dienone is 1. The van der Waals surface area contributed by atoms with Crippen molar-refractivity contribution in [3.05, 3.63) is 59.0 Å². The minimum Gasteiger partial charge on any atom is -0.355 e. The zero-order valence-corrected chi connectivity index (χ0v) is 14.7. The smallest absolute Gasteiger partial charge is 0.231 e. The van der Waals surface area contributed by atoms with Crippen LogP contribution in [0.4, 0.5) is 0 Å². The van der Waals surface area contributed by atoms with Crippen LogP contribution in [0, 0.1) is 0 Å². The normalized spacial score (nSPS) is 12.8. The van der Waals surface area contributed by atoms with E-state index in [2.05, 4.69) is 31.8 Å². The summed E-state index contributed by atoms with van der Waals surface area (Å²) < 4.78 is 0. The Morgan fingerprint density at radius 2 is 2.00 bits per heavy atom. The highest BCUT2D eigenvalue weighted by Gasteiger charge is 2.20. The Kier molecular flexibility index (Phi) is 8.68. The van der Waals surface area contributed by atoms with Gasteiger partial charge in [0, 0.05) is 6.54 Å². The molecule has 1 rings (SSSR count). The van der Waals surface area contributed by atoms with E-state index >= 15 is 0 Å². The molecule has 0 saturated carbocycles. The van der Waals surface area contributed by atoms with E-state index < -0.39 is 0 Å². The van der Waals surface area contributed by atoms with Crippen molar-refractivity contribution in [2.24, 2.45) is 0 Å². The van der Waals surface area contributed by atoms with Crippen LogP contribution in [0.1, 0.15) is 45.1 Å². The van der Waals surface area contributed by atoms with Gasteiger partial charge in [0.05, 0.1) is 5.92 Å². The molecule has 1 atom stereocenters. The van der Waals surface area contributed by atoms with Crippen molar-refractivity contribution in [1.29, 1.82) is 0 Å². The highest BCUT2D eigenvalue weighted by Crippen LogP contribution is 2.23. The van der Waals surface area contributed by atoms with E-state index in [9.17, 15) is 4.79 Å². The summed E-state index contributed by atoms with van der Waals surface area (Å²) in [7, 11) is 0. The fourth-order valence-electron chi connectivity index (χ4n) is 2.36. The van der Waals surface area contributed by atoms with E-state index in [1.807, 2.05) is 49.0 Å². The van der Waals surface area contributed by atoms with Crippen LogP contribution in [0.5, 0.6) is 0 Å². The molecule has 1 aromatic rings. The van der Waals surface area contributed by atoms with Gasteiger partial charge in [-0.05, 0) is 36.0 Å². The molecule has 0 aliphatic heterocycles. The minimum atomic E-state index is -0.265. The van der Waals surface area contributed by atoms with Crippen molar-refractivity contribution in [1.82, 2.24) is 5.32 Å². The van der Waals surface area contributed by atoms with Gasteiger partial charge in [-0.25, -0.2) is 0 Å². The summed E-state index contributed by atoms with van der Waals surface area (Å²) >= 11 is 1.86. The zero-order chi connectivity index (χ0) is 16.4. The van der Waals surface area contributed by atoms with Gasteiger partial charge >= 0.3 is 0 Å². The average molecular weight is 317 g/mol. The molecule has 0 saturated heterocycles. The molecule has 0 aliphatic rings. The molecule has 0 radical (unpaired) electrons. The second-order valence-corrected chi connectivity index (χ2v) is 6.63. The molecule has 1 N–H and O–H groups in total. The Hall–Kier alpha value is -1.48. The van der Waals surface area contributed by atoms with Crippen LogP contribution in [0.25, 0.3) is 0 Å². The topological polar surface area (TPSA) is 29.1 Å². The molecule has 1 amide bonds. The van der Waals surface area contributed by atoms with Crippen molar-refractivity contribution >= 4 is 17.7 Å². The summed E-state index contributed by atoms with van der Waals surface area (Å²) in [4.78, 5) is 13.8. The van der Waals surface area contributed by atoms with Crippen LogP contribution in [0.2, 0.25) is 0 Å². The van der Waals surface area contributed by atoms with E-state index in [-0.39, 0.29) is 11.8 Å². The lowest BCUT2D eigenvalue weighted by molar-refractivity contribution is -0.121. The first-order valence-electron chi connectivity index (χ1n) is 7.90. The molecule has 120 valence electrons. The maximum atomic E-state index is 12.5. The second kappa shape index (κ2) is 10.3. The number of carbonyl (C=O) groups excluding carboxylic acids is 1. The number of carbonyl (C=O) groups is 1. The standard InChI is InChI=1S/C19H27NOS/c1-5-10-17(22-6-2)13-14-20-19(21)18(15(3)4)16-11-8-7-9-12-16/h7-12,18H,3,5-6,13-14H2,1-2,4H3,(H,20,21)/b17-10-. The number of nitrogens with one attached hydrogen (secondary N) is 1. The Balaban J connectivity index is 2.62. The van der Waals surface area contributed by atoms with Gasteiger partial charge in [-0.15, -0.1) is 11.8 Å². The molecule has 3 heteroatoms. The molecule has 0 bridgehead atoms. The number of rotatable bonds is 9. The number of amides is 1. The van der Waals surface area contributed by atoms with Crippen LogP contribution in [0.15, 0.2) is 53.5 Å². The maximum absolute atomic E-state index is 12.5. The molecule has 0 aromatic heterocycles. The van der Waals surface area contributed by atoms with Crippen LogP contribution < -0.4 is 5.32 Å². The van der Waals surface area contributed by atoms with E-state index in [1.165, 1.54) is 4.91 Å². The molecule has 22 heavy (non-hydrogen) atoms. The molecule has 1 unspecified atom stereocenters. The highest BCUT2D eigenvalue weighted by atomic mass is 32.2. The average Bonchev–Trinajstić information content (AvgIpc) is 2.48. The largest absolute Gasteiger partial charge is 0.355 e. The third-order valence-corrected chi connectivity index (χ3v) is 4.35. The molecule has 0 heterocycles. The first-order valence-corrected chi connectivity index (χ1v) is 8.88. The third kappa shape index (κ3) is 6.10. The molecule has 2 nitrogen and oxygen atoms in total. The lowest BCUT2D eigenvalue weighted by atomic mass is 9.92. The van der Waals surface area contributed by atoms with Crippen LogP contribution in [0.3, 0.4) is 0 Å². The fraction of sp³-hybridized carbons (Fsp3) is 0.421.